The first-order valence-corrected chi connectivity index (χ1v) is 34.7. The molecule has 0 saturated carbocycles. The van der Waals surface area contributed by atoms with Crippen LogP contribution in [0.15, 0.2) is 388 Å². The zero-order valence-corrected chi connectivity index (χ0v) is 55.0. The summed E-state index contributed by atoms with van der Waals surface area (Å²) < 4.78 is 0. The fourth-order valence-corrected chi connectivity index (χ4v) is 16.5. The number of benzene rings is 20. The molecule has 0 aliphatic rings. The van der Waals surface area contributed by atoms with Crippen LogP contribution in [0.3, 0.4) is 0 Å². The van der Waals surface area contributed by atoms with E-state index in [9.17, 15) is 0 Å². The molecule has 0 saturated heterocycles. The molecule has 0 heteroatoms. The molecule has 100 heavy (non-hydrogen) atoms. The summed E-state index contributed by atoms with van der Waals surface area (Å²) in [6, 6.07) is 143. The van der Waals surface area contributed by atoms with Crippen LogP contribution in [0.25, 0.3) is 197 Å². The zero-order valence-electron chi connectivity index (χ0n) is 55.0. The van der Waals surface area contributed by atoms with Crippen molar-refractivity contribution < 1.29 is 0 Å². The van der Waals surface area contributed by atoms with Crippen molar-refractivity contribution in [2.24, 2.45) is 0 Å². The van der Waals surface area contributed by atoms with E-state index in [0.29, 0.717) is 0 Å². The van der Waals surface area contributed by atoms with E-state index in [1.807, 2.05) is 0 Å². The molecule has 20 aromatic rings. The van der Waals surface area contributed by atoms with Gasteiger partial charge in [-0.05, 0) is 209 Å². The molecule has 0 radical (unpaired) electrons. The Bertz CT molecular complexity index is 6150. The predicted molar refractivity (Wildman–Crippen MR) is 431 cm³/mol. The summed E-state index contributed by atoms with van der Waals surface area (Å²) in [4.78, 5) is 0. The SMILES string of the molecule is c1ccc(-c2ccc(-c3c4ccccc4c(-c4ccc5ccccc5c4)c4ccccc34)c3cccc(-c4cccc5ccccc45)c23)cc1.c1ccc(-c2cccc3c(-c4c5ccccc5c(-c5ccc6ccccc6c5)c5ccccc45)ccc(-c4cccc5ccccc45)c23)cc1. The van der Waals surface area contributed by atoms with Crippen LogP contribution >= 0.6 is 0 Å². The minimum absolute atomic E-state index is 1.22. The van der Waals surface area contributed by atoms with Crippen LogP contribution in [0.5, 0.6) is 0 Å². The fraction of sp³-hybridized carbons (Fsp3) is 0. The number of hydrogen-bond acceptors (Lipinski definition) is 0. The third-order valence-corrected chi connectivity index (χ3v) is 20.9. The number of hydrogen-bond donors (Lipinski definition) is 0. The lowest BCUT2D eigenvalue weighted by molar-refractivity contribution is 1.63. The average molecular weight is 1270 g/mol. The summed E-state index contributed by atoms with van der Waals surface area (Å²) in [5.74, 6) is 0. The normalized spacial score (nSPS) is 11.6. The van der Waals surface area contributed by atoms with Crippen molar-refractivity contribution in [2.45, 2.75) is 0 Å². The molecule has 0 aromatic heterocycles. The summed E-state index contributed by atoms with van der Waals surface area (Å²) in [5, 5.41) is 25.2. The highest BCUT2D eigenvalue weighted by Gasteiger charge is 2.24. The molecule has 0 amide bonds. The van der Waals surface area contributed by atoms with E-state index >= 15 is 0 Å². The first kappa shape index (κ1) is 58.4. The second kappa shape index (κ2) is 24.6. The van der Waals surface area contributed by atoms with Gasteiger partial charge in [0.05, 0.1) is 0 Å². The molecule has 0 heterocycles. The van der Waals surface area contributed by atoms with Gasteiger partial charge in [-0.2, -0.15) is 0 Å². The lowest BCUT2D eigenvalue weighted by Crippen LogP contribution is -1.94. The molecular formula is C100H64. The van der Waals surface area contributed by atoms with E-state index in [0.717, 1.165) is 0 Å². The molecule has 464 valence electrons. The van der Waals surface area contributed by atoms with Crippen molar-refractivity contribution in [3.8, 4) is 89.0 Å². The van der Waals surface area contributed by atoms with E-state index in [4.69, 9.17) is 0 Å². The quantitative estimate of drug-likeness (QED) is 0.133. The summed E-state index contributed by atoms with van der Waals surface area (Å²) in [6.45, 7) is 0. The van der Waals surface area contributed by atoms with E-state index in [2.05, 4.69) is 388 Å². The average Bonchev–Trinajstić information content (AvgIpc) is 0.726. The monoisotopic (exact) mass is 1260 g/mol. The van der Waals surface area contributed by atoms with Gasteiger partial charge in [-0.25, -0.2) is 0 Å². The molecular weight excluding hydrogens is 1200 g/mol. The first-order chi connectivity index (χ1) is 49.7. The largest absolute Gasteiger partial charge is 0.0622 e. The molecule has 0 aliphatic carbocycles. The van der Waals surface area contributed by atoms with Gasteiger partial charge in [0, 0.05) is 0 Å². The summed E-state index contributed by atoms with van der Waals surface area (Å²) >= 11 is 0. The molecule has 0 nitrogen and oxygen atoms in total. The van der Waals surface area contributed by atoms with Crippen LogP contribution in [0.4, 0.5) is 0 Å². The van der Waals surface area contributed by atoms with Gasteiger partial charge in [0.1, 0.15) is 0 Å². The van der Waals surface area contributed by atoms with Crippen molar-refractivity contribution in [3.63, 3.8) is 0 Å². The van der Waals surface area contributed by atoms with Gasteiger partial charge in [0.2, 0.25) is 0 Å². The third-order valence-electron chi connectivity index (χ3n) is 20.9. The minimum atomic E-state index is 1.22. The van der Waals surface area contributed by atoms with Gasteiger partial charge in [0.15, 0.2) is 0 Å². The Balaban J connectivity index is 0.000000139. The molecule has 0 N–H and O–H groups in total. The summed E-state index contributed by atoms with van der Waals surface area (Å²) in [7, 11) is 0. The van der Waals surface area contributed by atoms with Gasteiger partial charge in [-0.15, -0.1) is 0 Å². The van der Waals surface area contributed by atoms with Crippen LogP contribution in [0.1, 0.15) is 0 Å². The molecule has 0 bridgehead atoms. The molecule has 0 unspecified atom stereocenters. The second-order valence-electron chi connectivity index (χ2n) is 26.4. The topological polar surface area (TPSA) is 0 Å². The highest BCUT2D eigenvalue weighted by molar-refractivity contribution is 6.28. The maximum atomic E-state index is 2.37. The highest BCUT2D eigenvalue weighted by atomic mass is 14.3. The van der Waals surface area contributed by atoms with Crippen molar-refractivity contribution in [1.82, 2.24) is 0 Å². The van der Waals surface area contributed by atoms with Crippen LogP contribution in [0.2, 0.25) is 0 Å². The molecule has 0 spiro atoms. The number of rotatable bonds is 8. The maximum Gasteiger partial charge on any atom is -0.00201 e. The smallest absolute Gasteiger partial charge is 0.00201 e. The zero-order chi connectivity index (χ0) is 66.0. The van der Waals surface area contributed by atoms with Crippen LogP contribution < -0.4 is 0 Å². The maximum absolute atomic E-state index is 2.37. The van der Waals surface area contributed by atoms with Gasteiger partial charge in [-0.1, -0.05) is 376 Å². The van der Waals surface area contributed by atoms with Gasteiger partial charge in [-0.3, -0.25) is 0 Å². The first-order valence-electron chi connectivity index (χ1n) is 34.7. The van der Waals surface area contributed by atoms with E-state index in [1.54, 1.807) is 0 Å². The Morgan fingerprint density at radius 1 is 0.110 bits per heavy atom. The van der Waals surface area contributed by atoms with E-state index < -0.39 is 0 Å². The lowest BCUT2D eigenvalue weighted by atomic mass is 9.82. The number of fused-ring (bicyclic) bond motifs is 10. The van der Waals surface area contributed by atoms with Crippen molar-refractivity contribution in [1.29, 1.82) is 0 Å². The van der Waals surface area contributed by atoms with Crippen LogP contribution in [-0.2, 0) is 0 Å². The van der Waals surface area contributed by atoms with Crippen LogP contribution in [0, 0.1) is 0 Å². The Labute approximate surface area is 581 Å². The fourth-order valence-electron chi connectivity index (χ4n) is 16.5. The van der Waals surface area contributed by atoms with E-state index in [1.165, 1.54) is 197 Å². The molecule has 0 aliphatic heterocycles. The van der Waals surface area contributed by atoms with E-state index in [-0.39, 0.29) is 0 Å². The Morgan fingerprint density at radius 3 is 0.780 bits per heavy atom. The standard InChI is InChI=1S/2C50H32/c1-2-15-35(16-3-1)39-25-13-27-45-47(31-30-46(49(39)45)40-26-12-19-34-17-6-7-20-38(34)40)50-43-23-10-8-21-41(43)48(42-22-9-11-24-44(42)50)37-29-28-33-14-4-5-18-36(33)32-37;1-2-15-35(16-3-1)39-30-31-47(46-27-13-26-41(49(39)46)40-25-12-19-34-17-6-7-20-38(34)40)50-44-23-10-8-21-42(44)48(43-22-9-11-24-45(43)50)37-29-28-33-14-4-5-18-36(33)32-37/h2*1-32H. The summed E-state index contributed by atoms with van der Waals surface area (Å²) in [5.41, 5.74) is 20.0. The Morgan fingerprint density at radius 2 is 0.370 bits per heavy atom. The predicted octanol–water partition coefficient (Wildman–Crippen LogP) is 28.2. The van der Waals surface area contributed by atoms with Gasteiger partial charge < -0.3 is 0 Å². The molecule has 0 fully saturated rings. The van der Waals surface area contributed by atoms with Crippen molar-refractivity contribution in [2.75, 3.05) is 0 Å². The Hall–Kier alpha value is -13.0. The van der Waals surface area contributed by atoms with Crippen LogP contribution in [-0.4, -0.2) is 0 Å². The summed E-state index contributed by atoms with van der Waals surface area (Å²) in [6.07, 6.45) is 0. The minimum Gasteiger partial charge on any atom is -0.0622 e. The Kier molecular flexibility index (Phi) is 14.3. The molecule has 20 rings (SSSR count). The highest BCUT2D eigenvalue weighted by Crippen LogP contribution is 2.52. The molecule has 20 aromatic carbocycles. The van der Waals surface area contributed by atoms with Crippen molar-refractivity contribution in [3.05, 3.63) is 388 Å². The lowest BCUT2D eigenvalue weighted by Gasteiger charge is -2.21. The van der Waals surface area contributed by atoms with Crippen molar-refractivity contribution >= 4 is 108 Å². The third kappa shape index (κ3) is 9.83. The second-order valence-corrected chi connectivity index (χ2v) is 26.4. The van der Waals surface area contributed by atoms with Gasteiger partial charge in [0.25, 0.3) is 0 Å². The van der Waals surface area contributed by atoms with Gasteiger partial charge >= 0.3 is 0 Å². The molecule has 0 atom stereocenters.